The van der Waals surface area contributed by atoms with E-state index in [0.29, 0.717) is 12.3 Å². The molecule has 0 fully saturated rings. The lowest BCUT2D eigenvalue weighted by atomic mass is 10.1. The minimum absolute atomic E-state index is 0.368. The molecule has 2 rings (SSSR count). The number of nitriles is 1. The fraction of sp³-hybridized carbons (Fsp3) is 0.182. The van der Waals surface area contributed by atoms with Crippen molar-refractivity contribution >= 4 is 11.6 Å². The summed E-state index contributed by atoms with van der Waals surface area (Å²) in [6, 6.07) is 9.71. The molecule has 0 aliphatic heterocycles. The Morgan fingerprint density at radius 1 is 1.31 bits per heavy atom. The molecule has 0 spiro atoms. The molecule has 0 unspecified atom stereocenters. The van der Waals surface area contributed by atoms with Gasteiger partial charge >= 0.3 is 0 Å². The van der Waals surface area contributed by atoms with E-state index in [1.54, 1.807) is 10.9 Å². The van der Waals surface area contributed by atoms with Gasteiger partial charge in [-0.2, -0.15) is 5.26 Å². The van der Waals surface area contributed by atoms with Gasteiger partial charge in [-0.3, -0.25) is 0 Å². The van der Waals surface area contributed by atoms with Gasteiger partial charge < -0.3 is 0 Å². The first-order valence-corrected chi connectivity index (χ1v) is 5.30. The minimum Gasteiger partial charge on any atom is -0.216 e. The highest BCUT2D eigenvalue weighted by Gasteiger charge is 2.04. The van der Waals surface area contributed by atoms with Crippen LogP contribution in [0.2, 0.25) is 0 Å². The second kappa shape index (κ2) is 4.77. The van der Waals surface area contributed by atoms with Crippen molar-refractivity contribution < 1.29 is 0 Å². The Labute approximate surface area is 98.1 Å². The fourth-order valence-corrected chi connectivity index (χ4v) is 1.59. The van der Waals surface area contributed by atoms with Gasteiger partial charge in [-0.15, -0.1) is 16.7 Å². The first-order chi connectivity index (χ1) is 7.85. The lowest BCUT2D eigenvalue weighted by Gasteiger charge is -2.04. The maximum absolute atomic E-state index is 8.56. The molecule has 0 saturated carbocycles. The molecule has 0 amide bonds. The maximum atomic E-state index is 8.56. The molecule has 4 nitrogen and oxygen atoms in total. The van der Waals surface area contributed by atoms with E-state index in [9.17, 15) is 0 Å². The van der Waals surface area contributed by atoms with E-state index in [0.717, 1.165) is 16.9 Å². The van der Waals surface area contributed by atoms with Gasteiger partial charge in [0.05, 0.1) is 35.9 Å². The lowest BCUT2D eigenvalue weighted by molar-refractivity contribution is 0.781. The third-order valence-electron chi connectivity index (χ3n) is 2.22. The summed E-state index contributed by atoms with van der Waals surface area (Å²) in [7, 11) is 0. The monoisotopic (exact) mass is 232 g/mol. The normalized spacial score (nSPS) is 10.0. The molecule has 80 valence electrons. The summed E-state index contributed by atoms with van der Waals surface area (Å²) in [4.78, 5) is 0. The Bertz CT molecular complexity index is 510. The smallest absolute Gasteiger partial charge is 0.0793 e. The second-order valence-corrected chi connectivity index (χ2v) is 3.54. The Hall–Kier alpha value is -1.86. The van der Waals surface area contributed by atoms with Crippen molar-refractivity contribution in [3.63, 3.8) is 0 Å². The molecule has 0 bridgehead atoms. The second-order valence-electron chi connectivity index (χ2n) is 3.27. The summed E-state index contributed by atoms with van der Waals surface area (Å²) in [6.07, 6.45) is 2.05. The number of hydrogen-bond donors (Lipinski definition) is 0. The maximum Gasteiger partial charge on any atom is 0.0793 e. The first-order valence-electron chi connectivity index (χ1n) is 4.77. The van der Waals surface area contributed by atoms with Crippen molar-refractivity contribution in [3.05, 3.63) is 41.7 Å². The van der Waals surface area contributed by atoms with Gasteiger partial charge in [-0.25, -0.2) is 4.68 Å². The molecule has 0 saturated heterocycles. The zero-order chi connectivity index (χ0) is 11.4. The van der Waals surface area contributed by atoms with Crippen LogP contribution in [0.1, 0.15) is 11.3 Å². The molecule has 1 heterocycles. The third-order valence-corrected chi connectivity index (χ3v) is 2.49. The molecular formula is C11H9ClN4. The standard InChI is InChI=1S/C11H9ClN4/c12-7-11-8-14-15-16(11)10-3-1-9(2-4-10)5-6-13/h1-4,8H,5,7H2. The van der Waals surface area contributed by atoms with Crippen LogP contribution in [-0.2, 0) is 12.3 Å². The van der Waals surface area contributed by atoms with E-state index >= 15 is 0 Å². The Kier molecular flexibility index (Phi) is 3.18. The van der Waals surface area contributed by atoms with Gasteiger partial charge in [-0.05, 0) is 17.7 Å². The molecule has 0 radical (unpaired) electrons. The van der Waals surface area contributed by atoms with Crippen molar-refractivity contribution in [1.82, 2.24) is 15.0 Å². The number of aromatic nitrogens is 3. The van der Waals surface area contributed by atoms with E-state index < -0.39 is 0 Å². The largest absolute Gasteiger partial charge is 0.216 e. The molecular weight excluding hydrogens is 224 g/mol. The van der Waals surface area contributed by atoms with Crippen LogP contribution >= 0.6 is 11.6 Å². The third kappa shape index (κ3) is 2.05. The van der Waals surface area contributed by atoms with Gasteiger partial charge in [0.25, 0.3) is 0 Å². The van der Waals surface area contributed by atoms with Crippen LogP contribution in [0.5, 0.6) is 0 Å². The van der Waals surface area contributed by atoms with E-state index in [1.165, 1.54) is 0 Å². The summed E-state index contributed by atoms with van der Waals surface area (Å²) in [5.74, 6) is 0.368. The van der Waals surface area contributed by atoms with Gasteiger partial charge in [0, 0.05) is 0 Å². The zero-order valence-corrected chi connectivity index (χ0v) is 9.22. The summed E-state index contributed by atoms with van der Waals surface area (Å²) in [5.41, 5.74) is 2.73. The quantitative estimate of drug-likeness (QED) is 0.762. The molecule has 1 aromatic heterocycles. The summed E-state index contributed by atoms with van der Waals surface area (Å²) in [5, 5.41) is 16.3. The van der Waals surface area contributed by atoms with Crippen molar-refractivity contribution in [2.24, 2.45) is 0 Å². The predicted octanol–water partition coefficient (Wildman–Crippen LogP) is 2.07. The van der Waals surface area contributed by atoms with E-state index in [2.05, 4.69) is 16.4 Å². The topological polar surface area (TPSA) is 54.5 Å². The van der Waals surface area contributed by atoms with Crippen molar-refractivity contribution in [2.45, 2.75) is 12.3 Å². The van der Waals surface area contributed by atoms with Crippen molar-refractivity contribution in [3.8, 4) is 11.8 Å². The van der Waals surface area contributed by atoms with Gasteiger partial charge in [-0.1, -0.05) is 17.3 Å². The number of rotatable bonds is 3. The van der Waals surface area contributed by atoms with Gasteiger partial charge in [0.15, 0.2) is 0 Å². The predicted molar refractivity (Wildman–Crippen MR) is 60.2 cm³/mol. The van der Waals surface area contributed by atoms with E-state index in [-0.39, 0.29) is 0 Å². The van der Waals surface area contributed by atoms with Gasteiger partial charge in [0.1, 0.15) is 0 Å². The number of halogens is 1. The number of alkyl halides is 1. The van der Waals surface area contributed by atoms with Crippen LogP contribution in [0.15, 0.2) is 30.5 Å². The molecule has 0 N–H and O–H groups in total. The van der Waals surface area contributed by atoms with Crippen LogP contribution in [0.3, 0.4) is 0 Å². The van der Waals surface area contributed by atoms with Crippen LogP contribution in [0, 0.1) is 11.3 Å². The minimum atomic E-state index is 0.368. The van der Waals surface area contributed by atoms with Crippen LogP contribution < -0.4 is 0 Å². The Balaban J connectivity index is 2.32. The van der Waals surface area contributed by atoms with Crippen LogP contribution in [0.25, 0.3) is 5.69 Å². The van der Waals surface area contributed by atoms with Crippen molar-refractivity contribution in [1.29, 1.82) is 5.26 Å². The zero-order valence-electron chi connectivity index (χ0n) is 8.47. The SMILES string of the molecule is N#CCc1ccc(-n2nncc2CCl)cc1. The summed E-state index contributed by atoms with van der Waals surface area (Å²) >= 11 is 5.76. The molecule has 1 aromatic carbocycles. The number of hydrogen-bond acceptors (Lipinski definition) is 3. The highest BCUT2D eigenvalue weighted by molar-refractivity contribution is 6.16. The average molecular weight is 233 g/mol. The Morgan fingerprint density at radius 3 is 2.69 bits per heavy atom. The highest BCUT2D eigenvalue weighted by Crippen LogP contribution is 2.12. The van der Waals surface area contributed by atoms with Gasteiger partial charge in [0.2, 0.25) is 0 Å². The lowest BCUT2D eigenvalue weighted by Crippen LogP contribution is -2.00. The average Bonchev–Trinajstić information content (AvgIpc) is 2.78. The van der Waals surface area contributed by atoms with E-state index in [1.807, 2.05) is 24.3 Å². The van der Waals surface area contributed by atoms with Crippen LogP contribution in [-0.4, -0.2) is 15.0 Å². The molecule has 2 aromatic rings. The van der Waals surface area contributed by atoms with E-state index in [4.69, 9.17) is 16.9 Å². The summed E-state index contributed by atoms with van der Waals surface area (Å²) < 4.78 is 1.68. The van der Waals surface area contributed by atoms with Crippen molar-refractivity contribution in [2.75, 3.05) is 0 Å². The molecule has 0 atom stereocenters. The first kappa shape index (κ1) is 10.7. The molecule has 0 aliphatic rings. The number of nitrogens with zero attached hydrogens (tertiary/aromatic N) is 4. The molecule has 5 heteroatoms. The summed E-state index contributed by atoms with van der Waals surface area (Å²) in [6.45, 7) is 0. The highest BCUT2D eigenvalue weighted by atomic mass is 35.5. The number of benzene rings is 1. The molecule has 0 aliphatic carbocycles. The Morgan fingerprint density at radius 2 is 2.06 bits per heavy atom. The fourth-order valence-electron chi connectivity index (χ4n) is 1.41. The van der Waals surface area contributed by atoms with Crippen LogP contribution in [0.4, 0.5) is 0 Å². The molecule has 16 heavy (non-hydrogen) atoms.